The third-order valence-electron chi connectivity index (χ3n) is 4.62. The molecular weight excluding hydrogens is 394 g/mol. The third kappa shape index (κ3) is 5.31. The molecule has 1 N–H and O–H groups in total. The minimum absolute atomic E-state index is 0.148. The second-order valence-electron chi connectivity index (χ2n) is 7.28. The molecule has 31 heavy (non-hydrogen) atoms. The number of carbonyl (C=O) groups is 1. The normalized spacial score (nSPS) is 11.2. The van der Waals surface area contributed by atoms with Crippen LogP contribution in [0.3, 0.4) is 0 Å². The van der Waals surface area contributed by atoms with Gasteiger partial charge in [-0.3, -0.25) is 4.79 Å². The third-order valence-corrected chi connectivity index (χ3v) is 4.62. The zero-order valence-electron chi connectivity index (χ0n) is 18.4. The van der Waals surface area contributed by atoms with Gasteiger partial charge < -0.3 is 19.3 Å². The molecule has 0 aliphatic heterocycles. The van der Waals surface area contributed by atoms with E-state index >= 15 is 0 Å². The summed E-state index contributed by atoms with van der Waals surface area (Å²) in [5, 5.41) is 6.96. The van der Waals surface area contributed by atoms with Gasteiger partial charge >= 0.3 is 0 Å². The Balaban J connectivity index is 1.80. The maximum absolute atomic E-state index is 12.6. The monoisotopic (exact) mass is 421 g/mol. The van der Waals surface area contributed by atoms with Crippen molar-refractivity contribution in [1.82, 2.24) is 10.1 Å². The van der Waals surface area contributed by atoms with Crippen LogP contribution in [0.5, 0.6) is 11.5 Å². The van der Waals surface area contributed by atoms with Crippen LogP contribution >= 0.6 is 0 Å². The summed E-state index contributed by atoms with van der Waals surface area (Å²) >= 11 is 0. The van der Waals surface area contributed by atoms with E-state index in [2.05, 4.69) is 15.5 Å². The average Bonchev–Trinajstić information content (AvgIpc) is 3.25. The Hall–Kier alpha value is -3.61. The first kappa shape index (κ1) is 22.1. The molecule has 0 aliphatic carbocycles. The summed E-state index contributed by atoms with van der Waals surface area (Å²) in [6, 6.07) is 11.2. The van der Waals surface area contributed by atoms with Crippen LogP contribution in [0.2, 0.25) is 0 Å². The van der Waals surface area contributed by atoms with Crippen molar-refractivity contribution < 1.29 is 18.8 Å². The van der Waals surface area contributed by atoms with Crippen molar-refractivity contribution in [2.45, 2.75) is 33.6 Å². The van der Waals surface area contributed by atoms with Crippen molar-refractivity contribution in [2.24, 2.45) is 0 Å². The highest BCUT2D eigenvalue weighted by atomic mass is 16.5. The van der Waals surface area contributed by atoms with Crippen molar-refractivity contribution in [3.8, 4) is 23.0 Å². The largest absolute Gasteiger partial charge is 0.493 e. The second-order valence-corrected chi connectivity index (χ2v) is 7.28. The Labute approximate surface area is 182 Å². The number of benzene rings is 2. The van der Waals surface area contributed by atoms with Gasteiger partial charge in [-0.05, 0) is 49.2 Å². The van der Waals surface area contributed by atoms with E-state index in [1.165, 1.54) is 6.08 Å². The number of hydrogen-bond donors (Lipinski definition) is 1. The summed E-state index contributed by atoms with van der Waals surface area (Å²) in [7, 11) is 1.58. The fraction of sp³-hybridized carbons (Fsp3) is 0.292. The first-order chi connectivity index (χ1) is 14.9. The molecule has 0 fully saturated rings. The van der Waals surface area contributed by atoms with Crippen LogP contribution in [0.25, 0.3) is 17.5 Å². The molecule has 0 saturated heterocycles. The van der Waals surface area contributed by atoms with Gasteiger partial charge in [0.25, 0.3) is 5.89 Å². The maximum atomic E-state index is 12.6. The van der Waals surface area contributed by atoms with Gasteiger partial charge in [0.05, 0.1) is 25.0 Å². The predicted molar refractivity (Wildman–Crippen MR) is 120 cm³/mol. The number of amides is 1. The highest BCUT2D eigenvalue weighted by Crippen LogP contribution is 2.31. The van der Waals surface area contributed by atoms with Gasteiger partial charge in [0.15, 0.2) is 17.3 Å². The number of carbonyl (C=O) groups excluding carboxylic acids is 1. The van der Waals surface area contributed by atoms with E-state index < -0.39 is 0 Å². The topological polar surface area (TPSA) is 86.5 Å². The van der Waals surface area contributed by atoms with Crippen LogP contribution in [0.15, 0.2) is 47.0 Å². The molecule has 7 nitrogen and oxygen atoms in total. The summed E-state index contributed by atoms with van der Waals surface area (Å²) in [6.07, 6.45) is 3.19. The van der Waals surface area contributed by atoms with Gasteiger partial charge in [-0.1, -0.05) is 37.2 Å². The lowest BCUT2D eigenvalue weighted by Crippen LogP contribution is -2.10. The van der Waals surface area contributed by atoms with E-state index in [9.17, 15) is 4.79 Å². The smallest absolute Gasteiger partial charge is 0.260 e. The Morgan fingerprint density at radius 2 is 2.03 bits per heavy atom. The minimum atomic E-state index is -0.271. The summed E-state index contributed by atoms with van der Waals surface area (Å²) in [4.78, 5) is 17.1. The van der Waals surface area contributed by atoms with E-state index in [-0.39, 0.29) is 11.8 Å². The predicted octanol–water partition coefficient (Wildman–Crippen LogP) is 5.23. The minimum Gasteiger partial charge on any atom is -0.493 e. The molecule has 0 spiro atoms. The fourth-order valence-corrected chi connectivity index (χ4v) is 2.99. The van der Waals surface area contributed by atoms with Crippen LogP contribution < -0.4 is 14.8 Å². The number of anilines is 1. The van der Waals surface area contributed by atoms with Gasteiger partial charge in [-0.15, -0.1) is 0 Å². The molecule has 2 aromatic carbocycles. The summed E-state index contributed by atoms with van der Waals surface area (Å²) in [5.74, 6) is 2.15. The van der Waals surface area contributed by atoms with Gasteiger partial charge in [-0.2, -0.15) is 4.98 Å². The lowest BCUT2D eigenvalue weighted by molar-refractivity contribution is -0.111. The van der Waals surface area contributed by atoms with Crippen LogP contribution in [0.1, 0.15) is 43.6 Å². The van der Waals surface area contributed by atoms with Crippen molar-refractivity contribution in [1.29, 1.82) is 0 Å². The maximum Gasteiger partial charge on any atom is 0.260 e. The number of nitrogens with one attached hydrogen (secondary N) is 1. The number of nitrogens with zero attached hydrogens (tertiary/aromatic N) is 2. The Bertz CT molecular complexity index is 1090. The van der Waals surface area contributed by atoms with Gasteiger partial charge in [0, 0.05) is 12.0 Å². The number of rotatable bonds is 8. The molecule has 1 aromatic heterocycles. The van der Waals surface area contributed by atoms with E-state index in [0.29, 0.717) is 41.1 Å². The van der Waals surface area contributed by atoms with Crippen LogP contribution in [-0.2, 0) is 4.79 Å². The van der Waals surface area contributed by atoms with E-state index in [1.54, 1.807) is 13.2 Å². The van der Waals surface area contributed by atoms with E-state index in [0.717, 1.165) is 11.1 Å². The summed E-state index contributed by atoms with van der Waals surface area (Å²) in [6.45, 7) is 8.36. The number of aromatic nitrogens is 2. The highest BCUT2D eigenvalue weighted by Gasteiger charge is 2.17. The molecule has 1 heterocycles. The van der Waals surface area contributed by atoms with Crippen molar-refractivity contribution in [3.05, 3.63) is 59.4 Å². The number of hydrogen-bond acceptors (Lipinski definition) is 6. The zero-order valence-corrected chi connectivity index (χ0v) is 18.4. The quantitative estimate of drug-likeness (QED) is 0.501. The molecule has 162 valence electrons. The van der Waals surface area contributed by atoms with Crippen LogP contribution in [0.4, 0.5) is 5.69 Å². The number of methoxy groups -OCH3 is 1. The molecule has 3 rings (SSSR count). The fourth-order valence-electron chi connectivity index (χ4n) is 2.99. The van der Waals surface area contributed by atoms with Crippen molar-refractivity contribution in [3.63, 3.8) is 0 Å². The Morgan fingerprint density at radius 1 is 1.23 bits per heavy atom. The second kappa shape index (κ2) is 9.93. The highest BCUT2D eigenvalue weighted by molar-refractivity contribution is 6.04. The number of aryl methyl sites for hydroxylation is 1. The Kier molecular flexibility index (Phi) is 7.07. The van der Waals surface area contributed by atoms with Gasteiger partial charge in [0.1, 0.15) is 0 Å². The number of ether oxygens (including phenoxy) is 2. The van der Waals surface area contributed by atoms with E-state index in [4.69, 9.17) is 14.0 Å². The molecule has 0 aliphatic rings. The number of para-hydroxylation sites is 1. The Morgan fingerprint density at radius 3 is 2.71 bits per heavy atom. The van der Waals surface area contributed by atoms with Gasteiger partial charge in [0.2, 0.25) is 5.91 Å². The molecule has 0 radical (unpaired) electrons. The average molecular weight is 421 g/mol. The van der Waals surface area contributed by atoms with Crippen LogP contribution in [0, 0.1) is 6.92 Å². The van der Waals surface area contributed by atoms with E-state index in [1.807, 2.05) is 64.1 Å². The lowest BCUT2D eigenvalue weighted by Gasteiger charge is -2.11. The molecule has 0 saturated carbocycles. The lowest BCUT2D eigenvalue weighted by atomic mass is 10.1. The zero-order chi connectivity index (χ0) is 22.4. The standard InChI is InChI=1S/C24H27N3O4/c1-6-30-19-12-10-17(14-20(19)29-5)11-13-21(28)25-22-16(4)8-7-9-18(22)24-26-23(15(2)3)27-31-24/h7-15H,6H2,1-5H3,(H,25,28)/b13-11+. The first-order valence-electron chi connectivity index (χ1n) is 10.2. The van der Waals surface area contributed by atoms with Crippen LogP contribution in [-0.4, -0.2) is 29.8 Å². The molecule has 1 amide bonds. The molecule has 0 bridgehead atoms. The van der Waals surface area contributed by atoms with Gasteiger partial charge in [-0.25, -0.2) is 0 Å². The summed E-state index contributed by atoms with van der Waals surface area (Å²) in [5.41, 5.74) is 3.04. The molecular formula is C24H27N3O4. The van der Waals surface area contributed by atoms with Crippen molar-refractivity contribution in [2.75, 3.05) is 19.0 Å². The molecule has 0 unspecified atom stereocenters. The first-order valence-corrected chi connectivity index (χ1v) is 10.2. The SMILES string of the molecule is CCOc1ccc(/C=C/C(=O)Nc2c(C)cccc2-c2nc(C(C)C)no2)cc1OC. The molecule has 3 aromatic rings. The summed E-state index contributed by atoms with van der Waals surface area (Å²) < 4.78 is 16.3. The van der Waals surface area contributed by atoms with Crippen molar-refractivity contribution >= 4 is 17.7 Å². The molecule has 0 atom stereocenters. The molecule has 7 heteroatoms.